The van der Waals surface area contributed by atoms with E-state index in [1.165, 1.54) is 0 Å². The lowest BCUT2D eigenvalue weighted by molar-refractivity contribution is -0.141. The molecular weight excluding hydrogens is 268 g/mol. The highest BCUT2D eigenvalue weighted by atomic mass is 16.4. The molecule has 2 amide bonds. The molecule has 1 atom stereocenters. The zero-order chi connectivity index (χ0) is 16.0. The van der Waals surface area contributed by atoms with Gasteiger partial charge in [0.25, 0.3) is 0 Å². The average Bonchev–Trinajstić information content (AvgIpc) is 2.42. The number of hydrogen-bond acceptors (Lipinski definition) is 2. The van der Waals surface area contributed by atoms with Crippen molar-refractivity contribution in [2.24, 2.45) is 11.3 Å². The van der Waals surface area contributed by atoms with Gasteiger partial charge in [0, 0.05) is 19.6 Å². The van der Waals surface area contributed by atoms with Crippen LogP contribution in [0.5, 0.6) is 0 Å². The fourth-order valence-electron chi connectivity index (χ4n) is 2.93. The van der Waals surface area contributed by atoms with Gasteiger partial charge in [-0.3, -0.25) is 4.79 Å². The van der Waals surface area contributed by atoms with Gasteiger partial charge < -0.3 is 15.3 Å². The number of carbonyl (C=O) groups excluding carboxylic acids is 1. The molecule has 1 aliphatic rings. The first-order valence-electron chi connectivity index (χ1n) is 8.00. The summed E-state index contributed by atoms with van der Waals surface area (Å²) in [5, 5.41) is 11.9. The SMILES string of the molecule is CCCC(CNC(=O)N(C)C1CCC(C)(C)CC1)C(=O)O. The van der Waals surface area contributed by atoms with E-state index in [4.69, 9.17) is 5.11 Å². The number of carboxylic acids is 1. The highest BCUT2D eigenvalue weighted by Crippen LogP contribution is 2.36. The second-order valence-electron chi connectivity index (χ2n) is 7.02. The van der Waals surface area contributed by atoms with Gasteiger partial charge in [0.1, 0.15) is 0 Å². The molecular formula is C16H30N2O3. The molecule has 0 spiro atoms. The lowest BCUT2D eigenvalue weighted by Crippen LogP contribution is -2.47. The maximum Gasteiger partial charge on any atom is 0.317 e. The van der Waals surface area contributed by atoms with Crippen LogP contribution in [0.3, 0.4) is 0 Å². The molecule has 0 aliphatic heterocycles. The summed E-state index contributed by atoms with van der Waals surface area (Å²) in [5.41, 5.74) is 0.378. The molecule has 5 nitrogen and oxygen atoms in total. The summed E-state index contributed by atoms with van der Waals surface area (Å²) < 4.78 is 0. The first kappa shape index (κ1) is 17.8. The normalized spacial score (nSPS) is 19.8. The largest absolute Gasteiger partial charge is 0.481 e. The minimum Gasteiger partial charge on any atom is -0.481 e. The molecule has 1 fully saturated rings. The van der Waals surface area contributed by atoms with E-state index < -0.39 is 11.9 Å². The number of nitrogens with one attached hydrogen (secondary N) is 1. The van der Waals surface area contributed by atoms with Crippen LogP contribution in [-0.2, 0) is 4.79 Å². The van der Waals surface area contributed by atoms with E-state index >= 15 is 0 Å². The molecule has 0 aromatic heterocycles. The minimum atomic E-state index is -0.834. The minimum absolute atomic E-state index is 0.151. The smallest absolute Gasteiger partial charge is 0.317 e. The van der Waals surface area contributed by atoms with Gasteiger partial charge >= 0.3 is 12.0 Å². The highest BCUT2D eigenvalue weighted by molar-refractivity contribution is 5.76. The summed E-state index contributed by atoms with van der Waals surface area (Å²) in [4.78, 5) is 25.0. The summed E-state index contributed by atoms with van der Waals surface area (Å²) >= 11 is 0. The molecule has 2 N–H and O–H groups in total. The van der Waals surface area contributed by atoms with Gasteiger partial charge in [-0.05, 0) is 37.5 Å². The van der Waals surface area contributed by atoms with Crippen molar-refractivity contribution < 1.29 is 14.7 Å². The van der Waals surface area contributed by atoms with Crippen molar-refractivity contribution in [2.45, 2.75) is 65.3 Å². The van der Waals surface area contributed by atoms with Crippen molar-refractivity contribution in [1.82, 2.24) is 10.2 Å². The fourth-order valence-corrected chi connectivity index (χ4v) is 2.93. The highest BCUT2D eigenvalue weighted by Gasteiger charge is 2.30. The Balaban J connectivity index is 2.42. The van der Waals surface area contributed by atoms with Gasteiger partial charge in [0.2, 0.25) is 0 Å². The van der Waals surface area contributed by atoms with Gasteiger partial charge in [0.05, 0.1) is 5.92 Å². The quantitative estimate of drug-likeness (QED) is 0.791. The third-order valence-corrected chi connectivity index (χ3v) is 4.66. The van der Waals surface area contributed by atoms with Crippen molar-refractivity contribution in [1.29, 1.82) is 0 Å². The molecule has 0 bridgehead atoms. The summed E-state index contributed by atoms with van der Waals surface area (Å²) in [5.74, 6) is -1.32. The van der Waals surface area contributed by atoms with E-state index in [0.717, 1.165) is 32.1 Å². The standard InChI is InChI=1S/C16H30N2O3/c1-5-6-12(14(19)20)11-17-15(21)18(4)13-7-9-16(2,3)10-8-13/h12-13H,5-11H2,1-4H3,(H,17,21)(H,19,20). The van der Waals surface area contributed by atoms with Crippen LogP contribution in [0.4, 0.5) is 4.79 Å². The number of carboxylic acid groups (broad SMARTS) is 1. The van der Waals surface area contributed by atoms with Crippen LogP contribution in [0, 0.1) is 11.3 Å². The molecule has 1 aliphatic carbocycles. The van der Waals surface area contributed by atoms with E-state index in [-0.39, 0.29) is 18.6 Å². The Kier molecular flexibility index (Phi) is 6.49. The summed E-state index contributed by atoms with van der Waals surface area (Å²) in [6.45, 7) is 6.70. The van der Waals surface area contributed by atoms with Crippen molar-refractivity contribution in [3.05, 3.63) is 0 Å². The topological polar surface area (TPSA) is 69.6 Å². The Morgan fingerprint density at radius 1 is 1.33 bits per heavy atom. The number of hydrogen-bond donors (Lipinski definition) is 2. The number of aliphatic carboxylic acids is 1. The number of amides is 2. The Morgan fingerprint density at radius 2 is 1.90 bits per heavy atom. The van der Waals surface area contributed by atoms with E-state index in [1.54, 1.807) is 4.90 Å². The van der Waals surface area contributed by atoms with Crippen LogP contribution in [-0.4, -0.2) is 41.6 Å². The van der Waals surface area contributed by atoms with Crippen molar-refractivity contribution in [3.8, 4) is 0 Å². The predicted molar refractivity (Wildman–Crippen MR) is 83.2 cm³/mol. The van der Waals surface area contributed by atoms with E-state index in [9.17, 15) is 9.59 Å². The number of carbonyl (C=O) groups is 2. The molecule has 0 saturated heterocycles. The molecule has 0 heterocycles. The monoisotopic (exact) mass is 298 g/mol. The first-order chi connectivity index (χ1) is 9.76. The van der Waals surface area contributed by atoms with Crippen LogP contribution in [0.1, 0.15) is 59.3 Å². The van der Waals surface area contributed by atoms with Gasteiger partial charge in [-0.1, -0.05) is 27.2 Å². The van der Waals surface area contributed by atoms with Gasteiger partial charge in [0.15, 0.2) is 0 Å². The van der Waals surface area contributed by atoms with Gasteiger partial charge in [-0.25, -0.2) is 4.79 Å². The second kappa shape index (κ2) is 7.66. The zero-order valence-corrected chi connectivity index (χ0v) is 13.8. The van der Waals surface area contributed by atoms with E-state index in [1.807, 2.05) is 14.0 Å². The Hall–Kier alpha value is -1.26. The lowest BCUT2D eigenvalue weighted by Gasteiger charge is -2.38. The molecule has 1 rings (SSSR count). The van der Waals surface area contributed by atoms with Crippen LogP contribution in [0.2, 0.25) is 0 Å². The molecule has 1 unspecified atom stereocenters. The predicted octanol–water partition coefficient (Wildman–Crippen LogP) is 3.10. The zero-order valence-electron chi connectivity index (χ0n) is 13.8. The summed E-state index contributed by atoms with van der Waals surface area (Å²) in [7, 11) is 1.81. The van der Waals surface area contributed by atoms with Crippen molar-refractivity contribution >= 4 is 12.0 Å². The third kappa shape index (κ3) is 5.56. The van der Waals surface area contributed by atoms with Crippen LogP contribution in [0.15, 0.2) is 0 Å². The second-order valence-corrected chi connectivity index (χ2v) is 7.02. The number of rotatable bonds is 6. The van der Waals surface area contributed by atoms with Crippen molar-refractivity contribution in [2.75, 3.05) is 13.6 Å². The number of nitrogens with zero attached hydrogens (tertiary/aromatic N) is 1. The van der Waals surface area contributed by atoms with Gasteiger partial charge in [-0.15, -0.1) is 0 Å². The maximum atomic E-state index is 12.2. The molecule has 0 radical (unpaired) electrons. The molecule has 21 heavy (non-hydrogen) atoms. The average molecular weight is 298 g/mol. The van der Waals surface area contributed by atoms with Crippen LogP contribution >= 0.6 is 0 Å². The Bertz CT molecular complexity index is 359. The first-order valence-corrected chi connectivity index (χ1v) is 8.00. The Labute approximate surface area is 128 Å². The van der Waals surface area contributed by atoms with Crippen LogP contribution in [0.25, 0.3) is 0 Å². The van der Waals surface area contributed by atoms with Gasteiger partial charge in [-0.2, -0.15) is 0 Å². The third-order valence-electron chi connectivity index (χ3n) is 4.66. The lowest BCUT2D eigenvalue weighted by atomic mass is 9.75. The molecule has 5 heteroatoms. The molecule has 0 aromatic rings. The molecule has 0 aromatic carbocycles. The van der Waals surface area contributed by atoms with E-state index in [2.05, 4.69) is 19.2 Å². The number of urea groups is 1. The van der Waals surface area contributed by atoms with Crippen molar-refractivity contribution in [3.63, 3.8) is 0 Å². The maximum absolute atomic E-state index is 12.2. The molecule has 122 valence electrons. The molecule has 1 saturated carbocycles. The summed E-state index contributed by atoms with van der Waals surface area (Å²) in [6.07, 6.45) is 5.70. The fraction of sp³-hybridized carbons (Fsp3) is 0.875. The van der Waals surface area contributed by atoms with Crippen LogP contribution < -0.4 is 5.32 Å². The van der Waals surface area contributed by atoms with E-state index in [0.29, 0.717) is 11.8 Å². The summed E-state index contributed by atoms with van der Waals surface area (Å²) in [6, 6.07) is 0.120. The Morgan fingerprint density at radius 3 is 2.38 bits per heavy atom.